The molecule has 6 heteroatoms. The number of amides is 1. The molecular formula is C15H10Cl2N2O2. The van der Waals surface area contributed by atoms with Crippen molar-refractivity contribution < 1.29 is 9.53 Å². The molecule has 0 bridgehead atoms. The van der Waals surface area contributed by atoms with Gasteiger partial charge in [0.1, 0.15) is 10.8 Å². The van der Waals surface area contributed by atoms with Gasteiger partial charge >= 0.3 is 0 Å². The Hall–Kier alpha value is -2.22. The van der Waals surface area contributed by atoms with Crippen molar-refractivity contribution in [1.29, 1.82) is 5.26 Å². The Kier molecular flexibility index (Phi) is 5.04. The van der Waals surface area contributed by atoms with Crippen LogP contribution in [0.1, 0.15) is 5.56 Å². The molecule has 0 saturated carbocycles. The molecule has 0 fully saturated rings. The molecule has 0 atom stereocenters. The highest BCUT2D eigenvalue weighted by Crippen LogP contribution is 2.31. The monoisotopic (exact) mass is 320 g/mol. The lowest BCUT2D eigenvalue weighted by molar-refractivity contribution is -0.118. The maximum atomic E-state index is 11.8. The Labute approximate surface area is 131 Å². The summed E-state index contributed by atoms with van der Waals surface area (Å²) < 4.78 is 5.32. The molecule has 2 aromatic rings. The number of nitrogens with zero attached hydrogens (tertiary/aromatic N) is 1. The Bertz CT molecular complexity index is 694. The number of halogens is 2. The predicted octanol–water partition coefficient (Wildman–Crippen LogP) is 3.88. The number of ether oxygens (including phenoxy) is 1. The van der Waals surface area contributed by atoms with Gasteiger partial charge in [0, 0.05) is 5.69 Å². The number of anilines is 1. The van der Waals surface area contributed by atoms with Crippen LogP contribution in [0.3, 0.4) is 0 Å². The normalized spacial score (nSPS) is 9.76. The van der Waals surface area contributed by atoms with Crippen LogP contribution in [0.5, 0.6) is 5.75 Å². The zero-order valence-corrected chi connectivity index (χ0v) is 12.3. The van der Waals surface area contributed by atoms with Crippen LogP contribution in [-0.2, 0) is 4.79 Å². The Morgan fingerprint density at radius 3 is 2.57 bits per heavy atom. The second-order valence-corrected chi connectivity index (χ2v) is 4.86. The molecule has 0 aliphatic carbocycles. The Morgan fingerprint density at radius 1 is 1.19 bits per heavy atom. The number of benzene rings is 2. The molecule has 0 saturated heterocycles. The fourth-order valence-electron chi connectivity index (χ4n) is 1.56. The van der Waals surface area contributed by atoms with Crippen LogP contribution in [0, 0.1) is 11.3 Å². The third-order valence-corrected chi connectivity index (χ3v) is 3.37. The SMILES string of the molecule is N#Cc1ccc(NC(=O)COc2cccc(Cl)c2Cl)cc1. The van der Waals surface area contributed by atoms with E-state index in [1.54, 1.807) is 42.5 Å². The summed E-state index contributed by atoms with van der Waals surface area (Å²) in [4.78, 5) is 11.8. The average molecular weight is 321 g/mol. The highest BCUT2D eigenvalue weighted by atomic mass is 35.5. The van der Waals surface area contributed by atoms with Gasteiger partial charge in [-0.1, -0.05) is 29.3 Å². The van der Waals surface area contributed by atoms with E-state index in [9.17, 15) is 4.79 Å². The number of rotatable bonds is 4. The molecule has 0 heterocycles. The lowest BCUT2D eigenvalue weighted by Crippen LogP contribution is -2.20. The number of nitriles is 1. The lowest BCUT2D eigenvalue weighted by atomic mass is 10.2. The molecule has 2 aromatic carbocycles. The maximum absolute atomic E-state index is 11.8. The Morgan fingerprint density at radius 2 is 1.90 bits per heavy atom. The van der Waals surface area contributed by atoms with Crippen LogP contribution >= 0.6 is 23.2 Å². The molecule has 4 nitrogen and oxygen atoms in total. The average Bonchev–Trinajstić information content (AvgIpc) is 2.49. The van der Waals surface area contributed by atoms with Crippen LogP contribution in [0.2, 0.25) is 10.0 Å². The molecule has 0 aromatic heterocycles. The summed E-state index contributed by atoms with van der Waals surface area (Å²) in [6.07, 6.45) is 0. The van der Waals surface area contributed by atoms with Gasteiger partial charge in [-0.2, -0.15) is 5.26 Å². The van der Waals surface area contributed by atoms with Crippen molar-refractivity contribution >= 4 is 34.8 Å². The van der Waals surface area contributed by atoms with E-state index in [2.05, 4.69) is 5.32 Å². The van der Waals surface area contributed by atoms with Crippen LogP contribution in [0.15, 0.2) is 42.5 Å². The zero-order chi connectivity index (χ0) is 15.2. The molecule has 0 aliphatic heterocycles. The van der Waals surface area contributed by atoms with Crippen molar-refractivity contribution in [2.24, 2.45) is 0 Å². The number of carbonyl (C=O) groups is 1. The van der Waals surface area contributed by atoms with Crippen molar-refractivity contribution in [2.45, 2.75) is 0 Å². The standard InChI is InChI=1S/C15H10Cl2N2O2/c16-12-2-1-3-13(15(12)17)21-9-14(20)19-11-6-4-10(8-18)5-7-11/h1-7H,9H2,(H,19,20). The summed E-state index contributed by atoms with van der Waals surface area (Å²) in [6, 6.07) is 13.5. The van der Waals surface area contributed by atoms with Gasteiger partial charge in [0.15, 0.2) is 6.61 Å². The molecule has 106 valence electrons. The van der Waals surface area contributed by atoms with Crippen molar-refractivity contribution in [1.82, 2.24) is 0 Å². The van der Waals surface area contributed by atoms with E-state index >= 15 is 0 Å². The molecule has 0 aliphatic rings. The summed E-state index contributed by atoms with van der Waals surface area (Å²) in [7, 11) is 0. The molecule has 0 unspecified atom stereocenters. The summed E-state index contributed by atoms with van der Waals surface area (Å²) in [5, 5.41) is 12.0. The predicted molar refractivity (Wildman–Crippen MR) is 81.7 cm³/mol. The van der Waals surface area contributed by atoms with Gasteiger partial charge < -0.3 is 10.1 Å². The van der Waals surface area contributed by atoms with E-state index in [1.165, 1.54) is 0 Å². The maximum Gasteiger partial charge on any atom is 0.262 e. The van der Waals surface area contributed by atoms with Crippen molar-refractivity contribution in [3.63, 3.8) is 0 Å². The van der Waals surface area contributed by atoms with E-state index in [0.29, 0.717) is 22.0 Å². The van der Waals surface area contributed by atoms with Crippen LogP contribution < -0.4 is 10.1 Å². The first kappa shape index (κ1) is 15.2. The van der Waals surface area contributed by atoms with Gasteiger partial charge in [0.25, 0.3) is 5.91 Å². The first-order valence-corrected chi connectivity index (χ1v) is 6.72. The number of nitrogens with one attached hydrogen (secondary N) is 1. The minimum atomic E-state index is -0.337. The summed E-state index contributed by atoms with van der Waals surface area (Å²) in [6.45, 7) is -0.194. The second kappa shape index (κ2) is 6.98. The van der Waals surface area contributed by atoms with E-state index in [0.717, 1.165) is 0 Å². The molecule has 1 amide bonds. The number of carbonyl (C=O) groups excluding carboxylic acids is 1. The molecular weight excluding hydrogens is 311 g/mol. The van der Waals surface area contributed by atoms with Crippen molar-refractivity contribution in [3.8, 4) is 11.8 Å². The van der Waals surface area contributed by atoms with E-state index in [1.807, 2.05) is 6.07 Å². The van der Waals surface area contributed by atoms with Gasteiger partial charge in [0.05, 0.1) is 16.7 Å². The van der Waals surface area contributed by atoms with E-state index < -0.39 is 0 Å². The third kappa shape index (κ3) is 4.12. The number of hydrogen-bond acceptors (Lipinski definition) is 3. The summed E-state index contributed by atoms with van der Waals surface area (Å²) >= 11 is 11.8. The van der Waals surface area contributed by atoms with Crippen molar-refractivity contribution in [2.75, 3.05) is 11.9 Å². The third-order valence-electron chi connectivity index (χ3n) is 2.57. The topological polar surface area (TPSA) is 62.1 Å². The molecule has 2 rings (SSSR count). The van der Waals surface area contributed by atoms with Crippen LogP contribution in [0.25, 0.3) is 0 Å². The summed E-state index contributed by atoms with van der Waals surface area (Å²) in [5.41, 5.74) is 1.11. The fraction of sp³-hybridized carbons (Fsp3) is 0.0667. The first-order valence-electron chi connectivity index (χ1n) is 5.97. The summed E-state index contributed by atoms with van der Waals surface area (Å²) in [5.74, 6) is 0.00916. The van der Waals surface area contributed by atoms with Crippen LogP contribution in [0.4, 0.5) is 5.69 Å². The van der Waals surface area contributed by atoms with Crippen LogP contribution in [-0.4, -0.2) is 12.5 Å². The fourth-order valence-corrected chi connectivity index (χ4v) is 1.91. The lowest BCUT2D eigenvalue weighted by Gasteiger charge is -2.09. The van der Waals surface area contributed by atoms with Gasteiger partial charge in [-0.15, -0.1) is 0 Å². The largest absolute Gasteiger partial charge is 0.482 e. The highest BCUT2D eigenvalue weighted by molar-refractivity contribution is 6.42. The van der Waals surface area contributed by atoms with Gasteiger partial charge in [-0.05, 0) is 36.4 Å². The Balaban J connectivity index is 1.93. The molecule has 0 spiro atoms. The van der Waals surface area contributed by atoms with Gasteiger partial charge in [0.2, 0.25) is 0 Å². The quantitative estimate of drug-likeness (QED) is 0.929. The minimum absolute atomic E-state index is 0.194. The first-order chi connectivity index (χ1) is 10.1. The smallest absolute Gasteiger partial charge is 0.262 e. The minimum Gasteiger partial charge on any atom is -0.482 e. The second-order valence-electron chi connectivity index (χ2n) is 4.08. The van der Waals surface area contributed by atoms with Gasteiger partial charge in [-0.3, -0.25) is 4.79 Å². The zero-order valence-electron chi connectivity index (χ0n) is 10.8. The van der Waals surface area contributed by atoms with Gasteiger partial charge in [-0.25, -0.2) is 0 Å². The number of hydrogen-bond donors (Lipinski definition) is 1. The van der Waals surface area contributed by atoms with E-state index in [-0.39, 0.29) is 17.5 Å². The van der Waals surface area contributed by atoms with E-state index in [4.69, 9.17) is 33.2 Å². The van der Waals surface area contributed by atoms with Crippen molar-refractivity contribution in [3.05, 3.63) is 58.1 Å². The molecule has 1 N–H and O–H groups in total. The highest BCUT2D eigenvalue weighted by Gasteiger charge is 2.08. The molecule has 0 radical (unpaired) electrons. The molecule has 21 heavy (non-hydrogen) atoms.